The Bertz CT molecular complexity index is 719. The fraction of sp³-hybridized carbons (Fsp3) is 0.524. The summed E-state index contributed by atoms with van der Waals surface area (Å²) < 4.78 is 10.5. The van der Waals surface area contributed by atoms with Crippen LogP contribution < -0.4 is 10.6 Å². The highest BCUT2D eigenvalue weighted by Gasteiger charge is 2.32. The van der Waals surface area contributed by atoms with Crippen molar-refractivity contribution in [3.8, 4) is 0 Å². The highest BCUT2D eigenvalue weighted by Crippen LogP contribution is 2.16. The van der Waals surface area contributed by atoms with E-state index in [9.17, 15) is 19.2 Å². The zero-order chi connectivity index (χ0) is 21.2. The molecule has 2 unspecified atom stereocenters. The lowest BCUT2D eigenvalue weighted by atomic mass is 9.88. The number of rotatable bonds is 7. The molecule has 1 aromatic rings. The summed E-state index contributed by atoms with van der Waals surface area (Å²) in [5.74, 6) is -2.63. The van der Waals surface area contributed by atoms with Gasteiger partial charge in [0, 0.05) is 25.5 Å². The minimum Gasteiger partial charge on any atom is -0.445 e. The molecule has 0 spiro atoms. The zero-order valence-corrected chi connectivity index (χ0v) is 16.8. The summed E-state index contributed by atoms with van der Waals surface area (Å²) in [6, 6.07) is 8.38. The van der Waals surface area contributed by atoms with Crippen molar-refractivity contribution in [3.05, 3.63) is 35.9 Å². The van der Waals surface area contributed by atoms with Gasteiger partial charge in [-0.1, -0.05) is 44.2 Å². The lowest BCUT2D eigenvalue weighted by molar-refractivity contribution is -0.141. The van der Waals surface area contributed by atoms with Gasteiger partial charge in [-0.15, -0.1) is 0 Å². The van der Waals surface area contributed by atoms with Crippen LogP contribution in [0.25, 0.3) is 0 Å². The minimum absolute atomic E-state index is 0.0876. The van der Waals surface area contributed by atoms with Gasteiger partial charge in [-0.2, -0.15) is 0 Å². The average molecular weight is 404 g/mol. The molecule has 2 atom stereocenters. The molecule has 0 aliphatic carbocycles. The van der Waals surface area contributed by atoms with Gasteiger partial charge in [0.25, 0.3) is 5.91 Å². The standard InChI is InChI=1S/C21H28N2O6/c1-14(2)18(23-21(27)29-13-15-6-4-3-5-7-15)17(24)12-16-8-10-28-11-9-22-20(26)19(16)25/h3-7,14,16,18H,8-13H2,1-2H3,(H,22,26)(H,23,27). The van der Waals surface area contributed by atoms with Gasteiger partial charge in [-0.25, -0.2) is 4.79 Å². The van der Waals surface area contributed by atoms with Crippen LogP contribution in [0.3, 0.4) is 0 Å². The summed E-state index contributed by atoms with van der Waals surface area (Å²) in [5.41, 5.74) is 0.831. The van der Waals surface area contributed by atoms with E-state index < -0.39 is 29.7 Å². The average Bonchev–Trinajstić information content (AvgIpc) is 2.78. The predicted octanol–water partition coefficient (Wildman–Crippen LogP) is 1.62. The van der Waals surface area contributed by atoms with E-state index in [4.69, 9.17) is 9.47 Å². The Hall–Kier alpha value is -2.74. The highest BCUT2D eigenvalue weighted by atomic mass is 16.5. The SMILES string of the molecule is CC(C)C(NC(=O)OCc1ccccc1)C(=O)CC1CCOCCNC(=O)C1=O. The van der Waals surface area contributed by atoms with E-state index in [-0.39, 0.29) is 44.3 Å². The van der Waals surface area contributed by atoms with Gasteiger partial charge in [-0.3, -0.25) is 14.4 Å². The highest BCUT2D eigenvalue weighted by molar-refractivity contribution is 6.37. The molecule has 8 heteroatoms. The molecule has 1 aromatic carbocycles. The molecule has 0 aromatic heterocycles. The van der Waals surface area contributed by atoms with Crippen LogP contribution in [0.15, 0.2) is 30.3 Å². The van der Waals surface area contributed by atoms with Crippen molar-refractivity contribution < 1.29 is 28.7 Å². The smallest absolute Gasteiger partial charge is 0.408 e. The van der Waals surface area contributed by atoms with Gasteiger partial charge in [-0.05, 0) is 17.9 Å². The molecule has 0 radical (unpaired) electrons. The molecule has 8 nitrogen and oxygen atoms in total. The van der Waals surface area contributed by atoms with Gasteiger partial charge in [0.1, 0.15) is 6.61 Å². The number of Topliss-reactive ketones (excluding diaryl/α,β-unsaturated/α-hetero) is 2. The van der Waals surface area contributed by atoms with Crippen molar-refractivity contribution in [2.45, 2.75) is 39.3 Å². The first kappa shape index (κ1) is 22.5. The summed E-state index contributed by atoms with van der Waals surface area (Å²) in [6.45, 7) is 4.54. The number of ether oxygens (including phenoxy) is 2. The minimum atomic E-state index is -0.817. The van der Waals surface area contributed by atoms with Crippen LogP contribution in [0.5, 0.6) is 0 Å². The van der Waals surface area contributed by atoms with Crippen molar-refractivity contribution in [2.24, 2.45) is 11.8 Å². The number of nitrogens with one attached hydrogen (secondary N) is 2. The monoisotopic (exact) mass is 404 g/mol. The Morgan fingerprint density at radius 3 is 2.62 bits per heavy atom. The van der Waals surface area contributed by atoms with Crippen molar-refractivity contribution in [2.75, 3.05) is 19.8 Å². The number of ketones is 2. The van der Waals surface area contributed by atoms with E-state index in [1.807, 2.05) is 30.3 Å². The fourth-order valence-electron chi connectivity index (χ4n) is 3.04. The van der Waals surface area contributed by atoms with Gasteiger partial charge < -0.3 is 20.1 Å². The van der Waals surface area contributed by atoms with E-state index in [0.29, 0.717) is 6.61 Å². The van der Waals surface area contributed by atoms with Crippen LogP contribution in [-0.4, -0.2) is 49.4 Å². The van der Waals surface area contributed by atoms with Crippen LogP contribution in [-0.2, 0) is 30.5 Å². The second-order valence-electron chi connectivity index (χ2n) is 7.32. The Morgan fingerprint density at radius 2 is 1.93 bits per heavy atom. The van der Waals surface area contributed by atoms with Gasteiger partial charge in [0.2, 0.25) is 5.78 Å². The van der Waals surface area contributed by atoms with E-state index in [0.717, 1.165) is 5.56 Å². The molecule has 29 heavy (non-hydrogen) atoms. The first-order chi connectivity index (χ1) is 13.9. The largest absolute Gasteiger partial charge is 0.445 e. The third-order valence-corrected chi connectivity index (χ3v) is 4.68. The quantitative estimate of drug-likeness (QED) is 0.668. The molecule has 1 aliphatic heterocycles. The maximum Gasteiger partial charge on any atom is 0.408 e. The van der Waals surface area contributed by atoms with Gasteiger partial charge in [0.15, 0.2) is 5.78 Å². The summed E-state index contributed by atoms with van der Waals surface area (Å²) in [4.78, 5) is 49.2. The zero-order valence-electron chi connectivity index (χ0n) is 16.8. The Morgan fingerprint density at radius 1 is 1.21 bits per heavy atom. The topological polar surface area (TPSA) is 111 Å². The molecule has 1 fully saturated rings. The lowest BCUT2D eigenvalue weighted by Crippen LogP contribution is -2.46. The Labute approximate surface area is 170 Å². The molecule has 1 saturated heterocycles. The molecule has 2 rings (SSSR count). The predicted molar refractivity (Wildman–Crippen MR) is 105 cm³/mol. The summed E-state index contributed by atoms with van der Waals surface area (Å²) in [6.07, 6.45) is -0.568. The van der Waals surface area contributed by atoms with Crippen LogP contribution in [0.2, 0.25) is 0 Å². The maximum atomic E-state index is 12.8. The number of amides is 2. The number of carbonyl (C=O) groups excluding carboxylic acids is 4. The first-order valence-electron chi connectivity index (χ1n) is 9.78. The van der Waals surface area contributed by atoms with Crippen molar-refractivity contribution >= 4 is 23.6 Å². The van der Waals surface area contributed by atoms with Crippen LogP contribution >= 0.6 is 0 Å². The van der Waals surface area contributed by atoms with Crippen molar-refractivity contribution in [1.29, 1.82) is 0 Å². The van der Waals surface area contributed by atoms with E-state index >= 15 is 0 Å². The molecule has 158 valence electrons. The second kappa shape index (κ2) is 11.3. The van der Waals surface area contributed by atoms with Crippen LogP contribution in [0.1, 0.15) is 32.3 Å². The second-order valence-corrected chi connectivity index (χ2v) is 7.32. The number of carbonyl (C=O) groups is 4. The number of hydrogen-bond donors (Lipinski definition) is 2. The Kier molecular flexibility index (Phi) is 8.79. The third kappa shape index (κ3) is 7.30. The van der Waals surface area contributed by atoms with Crippen molar-refractivity contribution in [1.82, 2.24) is 10.6 Å². The maximum absolute atomic E-state index is 12.8. The van der Waals surface area contributed by atoms with Gasteiger partial charge >= 0.3 is 6.09 Å². The lowest BCUT2D eigenvalue weighted by Gasteiger charge is -2.23. The first-order valence-corrected chi connectivity index (χ1v) is 9.78. The van der Waals surface area contributed by atoms with Crippen LogP contribution in [0, 0.1) is 11.8 Å². The van der Waals surface area contributed by atoms with E-state index in [2.05, 4.69) is 10.6 Å². The molecule has 2 amide bonds. The van der Waals surface area contributed by atoms with Crippen molar-refractivity contribution in [3.63, 3.8) is 0 Å². The number of benzene rings is 1. The molecule has 0 saturated carbocycles. The number of alkyl carbamates (subject to hydrolysis) is 1. The third-order valence-electron chi connectivity index (χ3n) is 4.68. The molecular weight excluding hydrogens is 376 g/mol. The summed E-state index contributed by atoms with van der Waals surface area (Å²) in [7, 11) is 0. The Balaban J connectivity index is 1.95. The van der Waals surface area contributed by atoms with Crippen LogP contribution in [0.4, 0.5) is 4.79 Å². The molecule has 2 N–H and O–H groups in total. The molecule has 1 heterocycles. The molecule has 1 aliphatic rings. The van der Waals surface area contributed by atoms with E-state index in [1.54, 1.807) is 13.8 Å². The summed E-state index contributed by atoms with van der Waals surface area (Å²) >= 11 is 0. The van der Waals surface area contributed by atoms with Gasteiger partial charge in [0.05, 0.1) is 12.6 Å². The normalized spacial score (nSPS) is 18.8. The molecule has 0 bridgehead atoms. The summed E-state index contributed by atoms with van der Waals surface area (Å²) in [5, 5.41) is 5.07. The number of hydrogen-bond acceptors (Lipinski definition) is 6. The van der Waals surface area contributed by atoms with E-state index in [1.165, 1.54) is 0 Å². The fourth-order valence-corrected chi connectivity index (χ4v) is 3.04. The molecular formula is C21H28N2O6.